The van der Waals surface area contributed by atoms with Gasteiger partial charge < -0.3 is 10.0 Å². The largest absolute Gasteiger partial charge is 0.388 e. The molecule has 4 rings (SSSR count). The lowest BCUT2D eigenvalue weighted by molar-refractivity contribution is 0.0886. The van der Waals surface area contributed by atoms with Crippen LogP contribution >= 0.6 is 11.6 Å². The predicted octanol–water partition coefficient (Wildman–Crippen LogP) is 5.31. The molecule has 0 spiro atoms. The van der Waals surface area contributed by atoms with Crippen molar-refractivity contribution in [1.82, 2.24) is 9.80 Å². The van der Waals surface area contributed by atoms with E-state index in [0.29, 0.717) is 12.0 Å². The van der Waals surface area contributed by atoms with Crippen LogP contribution in [0.5, 0.6) is 0 Å². The van der Waals surface area contributed by atoms with Crippen molar-refractivity contribution in [3.8, 4) is 0 Å². The van der Waals surface area contributed by atoms with Crippen LogP contribution in [0.2, 0.25) is 5.02 Å². The summed E-state index contributed by atoms with van der Waals surface area (Å²) in [5.74, 6) is -0.458. The molecule has 3 aromatic carbocycles. The number of hydrogen-bond donors (Lipinski definition) is 1. The molecule has 0 aliphatic carbocycles. The van der Waals surface area contributed by atoms with E-state index < -0.39 is 11.9 Å². The Morgan fingerprint density at radius 2 is 1.39 bits per heavy atom. The lowest BCUT2D eigenvalue weighted by atomic mass is 9.96. The zero-order valence-electron chi connectivity index (χ0n) is 17.5. The summed E-state index contributed by atoms with van der Waals surface area (Å²) in [6.45, 7) is 4.63. The summed E-state index contributed by atoms with van der Waals surface area (Å²) < 4.78 is 13.4. The third-order valence-electron chi connectivity index (χ3n) is 6.05. The molecule has 5 heteroatoms. The van der Waals surface area contributed by atoms with Gasteiger partial charge in [-0.1, -0.05) is 78.3 Å². The first-order valence-corrected chi connectivity index (χ1v) is 11.2. The summed E-state index contributed by atoms with van der Waals surface area (Å²) >= 11 is 5.85. The van der Waals surface area contributed by atoms with Crippen LogP contribution in [0.3, 0.4) is 0 Å². The van der Waals surface area contributed by atoms with Gasteiger partial charge >= 0.3 is 0 Å². The number of rotatable bonds is 7. The third kappa shape index (κ3) is 5.52. The van der Waals surface area contributed by atoms with E-state index in [-0.39, 0.29) is 11.1 Å². The lowest BCUT2D eigenvalue weighted by Crippen LogP contribution is -2.48. The molecule has 31 heavy (non-hydrogen) atoms. The maximum Gasteiger partial charge on any atom is 0.141 e. The first-order chi connectivity index (χ1) is 15.1. The van der Waals surface area contributed by atoms with Crippen molar-refractivity contribution < 1.29 is 9.50 Å². The molecule has 1 aliphatic heterocycles. The molecule has 1 atom stereocenters. The number of hydrogen-bond acceptors (Lipinski definition) is 3. The molecule has 0 bridgehead atoms. The Labute approximate surface area is 188 Å². The van der Waals surface area contributed by atoms with Crippen LogP contribution in [0.25, 0.3) is 0 Å². The summed E-state index contributed by atoms with van der Waals surface area (Å²) in [6, 6.07) is 26.0. The molecule has 0 saturated carbocycles. The summed E-state index contributed by atoms with van der Waals surface area (Å²) in [4.78, 5) is 4.93. The molecular weight excluding hydrogens is 411 g/mol. The minimum absolute atomic E-state index is 0.0537. The average Bonchev–Trinajstić information content (AvgIpc) is 2.82. The second kappa shape index (κ2) is 10.4. The number of nitrogens with zero attached hydrogens (tertiary/aromatic N) is 2. The molecule has 1 fully saturated rings. The van der Waals surface area contributed by atoms with Gasteiger partial charge in [0.25, 0.3) is 0 Å². The van der Waals surface area contributed by atoms with Gasteiger partial charge in [0.15, 0.2) is 0 Å². The number of benzene rings is 3. The highest BCUT2D eigenvalue weighted by Gasteiger charge is 2.26. The van der Waals surface area contributed by atoms with Crippen molar-refractivity contribution in [3.05, 3.63) is 106 Å². The van der Waals surface area contributed by atoms with E-state index in [1.807, 2.05) is 0 Å². The second-order valence-electron chi connectivity index (χ2n) is 8.08. The van der Waals surface area contributed by atoms with Crippen LogP contribution in [0.1, 0.15) is 35.3 Å². The SMILES string of the molecule is OC(CCN1CCN(C(c2ccccc2)c2ccccc2)CC1)c1ccc(F)c(Cl)c1. The van der Waals surface area contributed by atoms with Crippen molar-refractivity contribution in [2.24, 2.45) is 0 Å². The third-order valence-corrected chi connectivity index (χ3v) is 6.34. The molecule has 0 radical (unpaired) electrons. The van der Waals surface area contributed by atoms with Gasteiger partial charge in [0.05, 0.1) is 17.2 Å². The molecule has 3 aromatic rings. The highest BCUT2D eigenvalue weighted by molar-refractivity contribution is 6.30. The summed E-state index contributed by atoms with van der Waals surface area (Å²) in [6.07, 6.45) is -0.0412. The van der Waals surface area contributed by atoms with Gasteiger partial charge in [-0.25, -0.2) is 4.39 Å². The number of aliphatic hydroxyl groups is 1. The van der Waals surface area contributed by atoms with E-state index in [0.717, 1.165) is 32.7 Å². The molecular formula is C26H28ClFN2O. The molecule has 0 aromatic heterocycles. The Morgan fingerprint density at radius 1 is 0.806 bits per heavy atom. The van der Waals surface area contributed by atoms with Gasteiger partial charge in [0, 0.05) is 32.7 Å². The lowest BCUT2D eigenvalue weighted by Gasteiger charge is -2.40. The van der Waals surface area contributed by atoms with Crippen LogP contribution in [-0.2, 0) is 0 Å². The first kappa shape index (κ1) is 22.0. The van der Waals surface area contributed by atoms with Crippen molar-refractivity contribution in [3.63, 3.8) is 0 Å². The van der Waals surface area contributed by atoms with E-state index in [1.54, 1.807) is 6.07 Å². The van der Waals surface area contributed by atoms with E-state index in [4.69, 9.17) is 11.6 Å². The van der Waals surface area contributed by atoms with Crippen molar-refractivity contribution >= 4 is 11.6 Å². The molecule has 3 nitrogen and oxygen atoms in total. The Bertz CT molecular complexity index is 922. The fraction of sp³-hybridized carbons (Fsp3) is 0.308. The number of piperazine rings is 1. The zero-order chi connectivity index (χ0) is 21.6. The fourth-order valence-corrected chi connectivity index (χ4v) is 4.51. The number of aliphatic hydroxyl groups excluding tert-OH is 1. The molecule has 1 aliphatic rings. The minimum atomic E-state index is -0.641. The topological polar surface area (TPSA) is 26.7 Å². The maximum absolute atomic E-state index is 13.4. The Kier molecular flexibility index (Phi) is 7.36. The first-order valence-electron chi connectivity index (χ1n) is 10.8. The van der Waals surface area contributed by atoms with E-state index in [2.05, 4.69) is 70.5 Å². The van der Waals surface area contributed by atoms with Gasteiger partial charge in [-0.15, -0.1) is 0 Å². The van der Waals surface area contributed by atoms with Crippen molar-refractivity contribution in [1.29, 1.82) is 0 Å². The number of halogens is 2. The monoisotopic (exact) mass is 438 g/mol. The molecule has 0 amide bonds. The minimum Gasteiger partial charge on any atom is -0.388 e. The highest BCUT2D eigenvalue weighted by Crippen LogP contribution is 2.30. The zero-order valence-corrected chi connectivity index (χ0v) is 18.3. The van der Waals surface area contributed by atoms with Crippen LogP contribution in [0.15, 0.2) is 78.9 Å². The van der Waals surface area contributed by atoms with Crippen LogP contribution in [0.4, 0.5) is 4.39 Å². The fourth-order valence-electron chi connectivity index (χ4n) is 4.32. The average molecular weight is 439 g/mol. The van der Waals surface area contributed by atoms with E-state index in [1.165, 1.54) is 23.3 Å². The smallest absolute Gasteiger partial charge is 0.141 e. The molecule has 1 saturated heterocycles. The Morgan fingerprint density at radius 3 is 1.94 bits per heavy atom. The van der Waals surface area contributed by atoms with Gasteiger partial charge in [-0.05, 0) is 35.2 Å². The summed E-state index contributed by atoms with van der Waals surface area (Å²) in [5, 5.41) is 10.5. The Balaban J connectivity index is 1.36. The van der Waals surface area contributed by atoms with Crippen molar-refractivity contribution in [2.75, 3.05) is 32.7 Å². The Hall–Kier alpha value is -2.24. The summed E-state index contributed by atoms with van der Waals surface area (Å²) in [5.41, 5.74) is 3.29. The molecule has 162 valence electrons. The van der Waals surface area contributed by atoms with Crippen molar-refractivity contribution in [2.45, 2.75) is 18.6 Å². The molecule has 1 unspecified atom stereocenters. The van der Waals surface area contributed by atoms with Gasteiger partial charge in [0.1, 0.15) is 5.82 Å². The van der Waals surface area contributed by atoms with Gasteiger partial charge in [0.2, 0.25) is 0 Å². The predicted molar refractivity (Wildman–Crippen MR) is 124 cm³/mol. The van der Waals surface area contributed by atoms with Gasteiger partial charge in [-0.3, -0.25) is 4.90 Å². The van der Waals surface area contributed by atoms with Gasteiger partial charge in [-0.2, -0.15) is 0 Å². The second-order valence-corrected chi connectivity index (χ2v) is 8.49. The maximum atomic E-state index is 13.4. The van der Waals surface area contributed by atoms with Crippen LogP contribution < -0.4 is 0 Å². The summed E-state index contributed by atoms with van der Waals surface area (Å²) in [7, 11) is 0. The quantitative estimate of drug-likeness (QED) is 0.541. The molecule has 1 N–H and O–H groups in total. The van der Waals surface area contributed by atoms with E-state index in [9.17, 15) is 9.50 Å². The van der Waals surface area contributed by atoms with E-state index >= 15 is 0 Å². The molecule has 1 heterocycles. The normalized spacial score (nSPS) is 16.5. The van der Waals surface area contributed by atoms with Crippen LogP contribution in [0, 0.1) is 5.82 Å². The standard InChI is InChI=1S/C26H28ClFN2O/c27-23-19-22(11-12-24(23)28)25(31)13-14-29-15-17-30(18-16-29)26(20-7-3-1-4-8-20)21-9-5-2-6-10-21/h1-12,19,25-26,31H,13-18H2. The van der Waals surface area contributed by atoms with Crippen LogP contribution in [-0.4, -0.2) is 47.6 Å². The highest BCUT2D eigenvalue weighted by atomic mass is 35.5.